The second-order valence-corrected chi connectivity index (χ2v) is 6.64. The second-order valence-electron chi connectivity index (χ2n) is 6.64. The van der Waals surface area contributed by atoms with E-state index in [4.69, 9.17) is 9.47 Å². The van der Waals surface area contributed by atoms with E-state index in [1.807, 2.05) is 48.5 Å². The molecule has 0 fully saturated rings. The van der Waals surface area contributed by atoms with Gasteiger partial charge in [0.15, 0.2) is 0 Å². The van der Waals surface area contributed by atoms with Gasteiger partial charge in [-0.25, -0.2) is 9.59 Å². The Morgan fingerprint density at radius 3 is 1.41 bits per heavy atom. The quantitative estimate of drug-likeness (QED) is 0.512. The molecule has 0 saturated heterocycles. The molecule has 27 heavy (non-hydrogen) atoms. The van der Waals surface area contributed by atoms with Gasteiger partial charge in [-0.15, -0.1) is 0 Å². The number of carbonyl (C=O) groups is 2. The van der Waals surface area contributed by atoms with E-state index in [1.54, 1.807) is 0 Å². The van der Waals surface area contributed by atoms with Crippen LogP contribution in [0.25, 0.3) is 0 Å². The van der Waals surface area contributed by atoms with Crippen molar-refractivity contribution in [2.75, 3.05) is 0 Å². The molecular formula is C23H24O4. The van der Waals surface area contributed by atoms with Crippen LogP contribution in [0.1, 0.15) is 36.1 Å². The number of benzene rings is 2. The van der Waals surface area contributed by atoms with E-state index in [0.29, 0.717) is 0 Å². The maximum Gasteiger partial charge on any atom is 0.330 e. The predicted molar refractivity (Wildman–Crippen MR) is 105 cm³/mol. The zero-order chi connectivity index (χ0) is 19.9. The Morgan fingerprint density at radius 2 is 1.11 bits per heavy atom. The Bertz CT molecular complexity index is 745. The molecule has 0 radical (unpaired) electrons. The van der Waals surface area contributed by atoms with Crippen LogP contribution in [0.15, 0.2) is 73.8 Å². The fourth-order valence-electron chi connectivity index (χ4n) is 2.63. The first-order valence-electron chi connectivity index (χ1n) is 8.64. The van der Waals surface area contributed by atoms with Crippen molar-refractivity contribution in [1.82, 2.24) is 0 Å². The van der Waals surface area contributed by atoms with Gasteiger partial charge in [0.05, 0.1) is 0 Å². The Labute approximate surface area is 160 Å². The van der Waals surface area contributed by atoms with Gasteiger partial charge >= 0.3 is 11.9 Å². The van der Waals surface area contributed by atoms with Gasteiger partial charge < -0.3 is 9.47 Å². The molecule has 0 aromatic heterocycles. The molecular weight excluding hydrogens is 340 g/mol. The maximum absolute atomic E-state index is 11.2. The summed E-state index contributed by atoms with van der Waals surface area (Å²) in [6.45, 7) is 11.5. The zero-order valence-electron chi connectivity index (χ0n) is 15.7. The molecule has 0 atom stereocenters. The van der Waals surface area contributed by atoms with Crippen molar-refractivity contribution in [2.24, 2.45) is 0 Å². The van der Waals surface area contributed by atoms with Crippen LogP contribution in [0.5, 0.6) is 0 Å². The third-order valence-corrected chi connectivity index (χ3v) is 4.45. The smallest absolute Gasteiger partial charge is 0.330 e. The third kappa shape index (κ3) is 5.42. The van der Waals surface area contributed by atoms with Crippen LogP contribution >= 0.6 is 0 Å². The van der Waals surface area contributed by atoms with Gasteiger partial charge in [-0.1, -0.05) is 75.5 Å². The Kier molecular flexibility index (Phi) is 6.72. The average Bonchev–Trinajstić information content (AvgIpc) is 2.70. The fourth-order valence-corrected chi connectivity index (χ4v) is 2.63. The summed E-state index contributed by atoms with van der Waals surface area (Å²) in [5.74, 6) is -0.864. The van der Waals surface area contributed by atoms with Gasteiger partial charge in [0.1, 0.15) is 13.2 Å². The van der Waals surface area contributed by atoms with E-state index in [9.17, 15) is 9.59 Å². The van der Waals surface area contributed by atoms with E-state index in [1.165, 1.54) is 0 Å². The Hall–Kier alpha value is -3.14. The second kappa shape index (κ2) is 8.99. The Balaban J connectivity index is 2.08. The van der Waals surface area contributed by atoms with Crippen molar-refractivity contribution >= 4 is 11.9 Å². The average molecular weight is 364 g/mol. The molecule has 4 nitrogen and oxygen atoms in total. The molecule has 0 N–H and O–H groups in total. The molecule has 4 heteroatoms. The first-order valence-corrected chi connectivity index (χ1v) is 8.64. The number of carbonyl (C=O) groups excluding carboxylic acids is 2. The summed E-state index contributed by atoms with van der Waals surface area (Å²) in [6, 6.07) is 16.0. The molecule has 0 saturated carbocycles. The van der Waals surface area contributed by atoms with E-state index in [0.717, 1.165) is 34.4 Å². The minimum atomic E-state index is -0.432. The lowest BCUT2D eigenvalue weighted by atomic mass is 9.78. The molecule has 0 unspecified atom stereocenters. The number of ether oxygens (including phenoxy) is 2. The lowest BCUT2D eigenvalue weighted by molar-refractivity contribution is -0.139. The number of esters is 2. The molecule has 140 valence electrons. The summed E-state index contributed by atoms with van der Waals surface area (Å²) in [5, 5.41) is 0. The topological polar surface area (TPSA) is 52.6 Å². The SMILES string of the molecule is C=CC(=O)OCc1ccc(C(C)(C)c2ccc(COC(=O)C=C)cc2)cc1. The van der Waals surface area contributed by atoms with Crippen molar-refractivity contribution in [3.05, 3.63) is 96.1 Å². The van der Waals surface area contributed by atoms with E-state index < -0.39 is 11.9 Å². The largest absolute Gasteiger partial charge is 0.458 e. The highest BCUT2D eigenvalue weighted by Gasteiger charge is 2.23. The minimum absolute atomic E-state index is 0.202. The van der Waals surface area contributed by atoms with Crippen LogP contribution in [-0.2, 0) is 37.7 Å². The highest BCUT2D eigenvalue weighted by Crippen LogP contribution is 2.31. The molecule has 0 aliphatic carbocycles. The van der Waals surface area contributed by atoms with Crippen molar-refractivity contribution in [3.63, 3.8) is 0 Å². The summed E-state index contributed by atoms with van der Waals surface area (Å²) >= 11 is 0. The van der Waals surface area contributed by atoms with Gasteiger partial charge in [-0.2, -0.15) is 0 Å². The standard InChI is InChI=1S/C23H24O4/c1-5-21(24)26-15-17-7-11-19(12-8-17)23(3,4)20-13-9-18(10-14-20)16-27-22(25)6-2/h5-14H,1-2,15-16H2,3-4H3. The van der Waals surface area contributed by atoms with Crippen LogP contribution in [0.3, 0.4) is 0 Å². The summed E-state index contributed by atoms with van der Waals surface area (Å²) in [4.78, 5) is 22.3. The van der Waals surface area contributed by atoms with Crippen LogP contribution in [0.4, 0.5) is 0 Å². The van der Waals surface area contributed by atoms with Crippen LogP contribution in [0, 0.1) is 0 Å². The summed E-state index contributed by atoms with van der Waals surface area (Å²) in [5.41, 5.74) is 3.93. The molecule has 0 amide bonds. The zero-order valence-corrected chi connectivity index (χ0v) is 15.7. The monoisotopic (exact) mass is 364 g/mol. The van der Waals surface area contributed by atoms with Gasteiger partial charge in [0.25, 0.3) is 0 Å². The number of hydrogen-bond donors (Lipinski definition) is 0. The molecule has 2 aromatic rings. The molecule has 0 aliphatic rings. The highest BCUT2D eigenvalue weighted by atomic mass is 16.5. The van der Waals surface area contributed by atoms with Crippen molar-refractivity contribution in [1.29, 1.82) is 0 Å². The molecule has 2 aromatic carbocycles. The lowest BCUT2D eigenvalue weighted by Gasteiger charge is -2.26. The van der Waals surface area contributed by atoms with Crippen molar-refractivity contribution in [2.45, 2.75) is 32.5 Å². The van der Waals surface area contributed by atoms with Gasteiger partial charge in [-0.05, 0) is 22.3 Å². The first-order chi connectivity index (χ1) is 12.9. The lowest BCUT2D eigenvalue weighted by Crippen LogP contribution is -2.19. The van der Waals surface area contributed by atoms with Gasteiger partial charge in [0.2, 0.25) is 0 Å². The molecule has 0 spiro atoms. The van der Waals surface area contributed by atoms with Crippen LogP contribution < -0.4 is 0 Å². The van der Waals surface area contributed by atoms with Crippen LogP contribution in [-0.4, -0.2) is 11.9 Å². The van der Waals surface area contributed by atoms with Crippen molar-refractivity contribution in [3.8, 4) is 0 Å². The molecule has 0 aliphatic heterocycles. The van der Waals surface area contributed by atoms with E-state index in [2.05, 4.69) is 27.0 Å². The number of hydrogen-bond acceptors (Lipinski definition) is 4. The van der Waals surface area contributed by atoms with Crippen LogP contribution in [0.2, 0.25) is 0 Å². The van der Waals surface area contributed by atoms with E-state index >= 15 is 0 Å². The predicted octanol–water partition coefficient (Wildman–Crippen LogP) is 4.47. The maximum atomic E-state index is 11.2. The van der Waals surface area contributed by atoms with E-state index in [-0.39, 0.29) is 18.6 Å². The molecule has 2 rings (SSSR count). The fraction of sp³-hybridized carbons (Fsp3) is 0.217. The van der Waals surface area contributed by atoms with Crippen molar-refractivity contribution < 1.29 is 19.1 Å². The summed E-state index contributed by atoms with van der Waals surface area (Å²) < 4.78 is 10.1. The van der Waals surface area contributed by atoms with Gasteiger partial charge in [-0.3, -0.25) is 0 Å². The normalized spacial score (nSPS) is 10.7. The summed E-state index contributed by atoms with van der Waals surface area (Å²) in [6.07, 6.45) is 2.30. The Morgan fingerprint density at radius 1 is 0.778 bits per heavy atom. The van der Waals surface area contributed by atoms with Gasteiger partial charge in [0, 0.05) is 17.6 Å². The highest BCUT2D eigenvalue weighted by molar-refractivity contribution is 5.81. The number of rotatable bonds is 8. The molecule has 0 bridgehead atoms. The third-order valence-electron chi connectivity index (χ3n) is 4.45. The molecule has 0 heterocycles. The summed E-state index contributed by atoms with van der Waals surface area (Å²) in [7, 11) is 0. The minimum Gasteiger partial charge on any atom is -0.458 e. The first kappa shape index (κ1) is 20.2.